The summed E-state index contributed by atoms with van der Waals surface area (Å²) in [6, 6.07) is 0. The van der Waals surface area contributed by atoms with Gasteiger partial charge in [-0.15, -0.1) is 0 Å². The Bertz CT molecular complexity index is 210. The van der Waals surface area contributed by atoms with Crippen molar-refractivity contribution < 1.29 is 9.90 Å². The molecular formula is C12H20O2. The zero-order valence-corrected chi connectivity index (χ0v) is 8.96. The van der Waals surface area contributed by atoms with Crippen molar-refractivity contribution in [3.8, 4) is 0 Å². The van der Waals surface area contributed by atoms with Gasteiger partial charge in [-0.1, -0.05) is 31.9 Å². The van der Waals surface area contributed by atoms with Gasteiger partial charge in [0.15, 0.2) is 0 Å². The molecule has 0 spiro atoms. The van der Waals surface area contributed by atoms with Crippen LogP contribution in [0.25, 0.3) is 0 Å². The molecule has 0 bridgehead atoms. The highest BCUT2D eigenvalue weighted by Gasteiger charge is 2.41. The van der Waals surface area contributed by atoms with Crippen molar-refractivity contribution in [2.24, 2.45) is 5.41 Å². The van der Waals surface area contributed by atoms with Gasteiger partial charge in [0.2, 0.25) is 0 Å². The van der Waals surface area contributed by atoms with E-state index < -0.39 is 0 Å². The molecular weight excluding hydrogens is 176 g/mol. The van der Waals surface area contributed by atoms with Crippen molar-refractivity contribution in [3.05, 3.63) is 12.2 Å². The first-order chi connectivity index (χ1) is 6.72. The number of Topliss-reactive ketones (excluding diaryl/α,β-unsaturated/α-hetero) is 1. The second-order valence-corrected chi connectivity index (χ2v) is 4.35. The first kappa shape index (κ1) is 11.4. The lowest BCUT2D eigenvalue weighted by molar-refractivity contribution is -0.133. The molecule has 1 rings (SSSR count). The predicted octanol–water partition coefficient (Wildman–Crippen LogP) is 2.46. The average Bonchev–Trinajstić information content (AvgIpc) is 2.12. The fourth-order valence-electron chi connectivity index (χ4n) is 2.17. The minimum absolute atomic E-state index is 0.109. The molecule has 0 unspecified atom stereocenters. The zero-order valence-electron chi connectivity index (χ0n) is 8.96. The highest BCUT2D eigenvalue weighted by Crippen LogP contribution is 2.45. The third-order valence-electron chi connectivity index (χ3n) is 3.03. The van der Waals surface area contributed by atoms with Gasteiger partial charge in [0.1, 0.15) is 5.78 Å². The first-order valence-electron chi connectivity index (χ1n) is 5.50. The zero-order chi connectivity index (χ0) is 10.4. The van der Waals surface area contributed by atoms with E-state index in [-0.39, 0.29) is 12.0 Å². The smallest absolute Gasteiger partial charge is 0.134 e. The largest absolute Gasteiger partial charge is 0.392 e. The number of aliphatic hydroxyl groups is 1. The van der Waals surface area contributed by atoms with Crippen molar-refractivity contribution >= 4 is 5.78 Å². The molecule has 0 aliphatic heterocycles. The molecule has 0 atom stereocenters. The molecule has 1 fully saturated rings. The van der Waals surface area contributed by atoms with E-state index in [0.29, 0.717) is 5.78 Å². The van der Waals surface area contributed by atoms with Crippen molar-refractivity contribution in [3.63, 3.8) is 0 Å². The summed E-state index contributed by atoms with van der Waals surface area (Å²) < 4.78 is 0. The van der Waals surface area contributed by atoms with E-state index in [1.54, 1.807) is 6.08 Å². The van der Waals surface area contributed by atoms with Gasteiger partial charge >= 0.3 is 0 Å². The van der Waals surface area contributed by atoms with Crippen molar-refractivity contribution in [2.45, 2.75) is 45.4 Å². The Morgan fingerprint density at radius 1 is 1.43 bits per heavy atom. The Morgan fingerprint density at radius 2 is 2.14 bits per heavy atom. The van der Waals surface area contributed by atoms with Crippen LogP contribution in [0.4, 0.5) is 0 Å². The summed E-state index contributed by atoms with van der Waals surface area (Å²) in [6.07, 6.45) is 9.81. The van der Waals surface area contributed by atoms with E-state index in [0.717, 1.165) is 25.7 Å². The maximum Gasteiger partial charge on any atom is 0.134 e. The Labute approximate surface area is 86.0 Å². The Hall–Kier alpha value is -0.630. The molecule has 0 saturated heterocycles. The molecule has 1 N–H and O–H groups in total. The van der Waals surface area contributed by atoms with Gasteiger partial charge in [0.25, 0.3) is 0 Å². The van der Waals surface area contributed by atoms with Crippen LogP contribution in [0.2, 0.25) is 0 Å². The van der Waals surface area contributed by atoms with E-state index in [2.05, 4.69) is 6.92 Å². The Kier molecular flexibility index (Phi) is 4.33. The second-order valence-electron chi connectivity index (χ2n) is 4.35. The summed E-state index contributed by atoms with van der Waals surface area (Å²) in [4.78, 5) is 11.0. The molecule has 2 heteroatoms. The number of carbonyl (C=O) groups excluding carboxylic acids is 1. The van der Waals surface area contributed by atoms with Crippen molar-refractivity contribution in [2.75, 3.05) is 6.61 Å². The molecule has 0 aromatic heterocycles. The van der Waals surface area contributed by atoms with Gasteiger partial charge in [-0.05, 0) is 18.3 Å². The molecule has 0 radical (unpaired) electrons. The third-order valence-corrected chi connectivity index (χ3v) is 3.03. The molecule has 2 nitrogen and oxygen atoms in total. The maximum absolute atomic E-state index is 11.0. The monoisotopic (exact) mass is 196 g/mol. The second kappa shape index (κ2) is 5.30. The lowest BCUT2D eigenvalue weighted by atomic mass is 9.63. The number of hydrogen-bond acceptors (Lipinski definition) is 2. The van der Waals surface area contributed by atoms with Crippen molar-refractivity contribution in [1.29, 1.82) is 0 Å². The first-order valence-corrected chi connectivity index (χ1v) is 5.50. The van der Waals surface area contributed by atoms with Gasteiger partial charge in [0.05, 0.1) is 6.61 Å². The molecule has 1 aliphatic carbocycles. The van der Waals surface area contributed by atoms with Gasteiger partial charge in [-0.2, -0.15) is 0 Å². The fourth-order valence-corrected chi connectivity index (χ4v) is 2.17. The normalized spacial score (nSPS) is 20.0. The Morgan fingerprint density at radius 3 is 2.64 bits per heavy atom. The van der Waals surface area contributed by atoms with Gasteiger partial charge in [-0.25, -0.2) is 0 Å². The molecule has 80 valence electrons. The molecule has 0 heterocycles. The average molecular weight is 196 g/mol. The summed E-state index contributed by atoms with van der Waals surface area (Å²) in [5.74, 6) is 0.401. The highest BCUT2D eigenvalue weighted by atomic mass is 16.2. The van der Waals surface area contributed by atoms with Crippen LogP contribution in [0.5, 0.6) is 0 Å². The Balaban J connectivity index is 2.38. The topological polar surface area (TPSA) is 37.3 Å². The van der Waals surface area contributed by atoms with E-state index in [9.17, 15) is 4.79 Å². The maximum atomic E-state index is 11.0. The van der Waals surface area contributed by atoms with Crippen LogP contribution in [-0.4, -0.2) is 17.5 Å². The minimum Gasteiger partial charge on any atom is -0.392 e. The number of allylic oxidation sites excluding steroid dienone is 1. The summed E-state index contributed by atoms with van der Waals surface area (Å²) in [7, 11) is 0. The van der Waals surface area contributed by atoms with Crippen LogP contribution in [0, 0.1) is 5.41 Å². The third kappa shape index (κ3) is 2.95. The van der Waals surface area contributed by atoms with Gasteiger partial charge < -0.3 is 5.11 Å². The number of carbonyl (C=O) groups is 1. The summed E-state index contributed by atoms with van der Waals surface area (Å²) in [5.41, 5.74) is 0.249. The van der Waals surface area contributed by atoms with Crippen LogP contribution in [-0.2, 0) is 4.79 Å². The van der Waals surface area contributed by atoms with E-state index in [4.69, 9.17) is 5.11 Å². The number of unbranched alkanes of at least 4 members (excludes halogenated alkanes) is 1. The van der Waals surface area contributed by atoms with Crippen LogP contribution in [0.3, 0.4) is 0 Å². The van der Waals surface area contributed by atoms with Gasteiger partial charge in [0, 0.05) is 12.8 Å². The van der Waals surface area contributed by atoms with Crippen LogP contribution < -0.4 is 0 Å². The minimum atomic E-state index is 0.109. The SMILES string of the molecule is CCCCC1(C/C=C/CO)CC(=O)C1. The highest BCUT2D eigenvalue weighted by molar-refractivity contribution is 5.86. The molecule has 1 saturated carbocycles. The van der Waals surface area contributed by atoms with E-state index >= 15 is 0 Å². The molecule has 1 aliphatic rings. The standard InChI is InChI=1S/C12H20O2/c1-2-3-6-12(7-4-5-8-13)9-11(14)10-12/h4-5,13H,2-3,6-10H2,1H3/b5-4+. The summed E-state index contributed by atoms with van der Waals surface area (Å²) in [6.45, 7) is 2.29. The van der Waals surface area contributed by atoms with Crippen LogP contribution >= 0.6 is 0 Å². The van der Waals surface area contributed by atoms with Gasteiger partial charge in [-0.3, -0.25) is 4.79 Å². The van der Waals surface area contributed by atoms with Crippen LogP contribution in [0.1, 0.15) is 45.4 Å². The van der Waals surface area contributed by atoms with E-state index in [1.165, 1.54) is 12.8 Å². The lowest BCUT2D eigenvalue weighted by Gasteiger charge is -2.40. The molecule has 0 aromatic carbocycles. The summed E-state index contributed by atoms with van der Waals surface area (Å²) >= 11 is 0. The van der Waals surface area contributed by atoms with Crippen molar-refractivity contribution in [1.82, 2.24) is 0 Å². The van der Waals surface area contributed by atoms with Crippen LogP contribution in [0.15, 0.2) is 12.2 Å². The predicted molar refractivity (Wildman–Crippen MR) is 57.0 cm³/mol. The fraction of sp³-hybridized carbons (Fsp3) is 0.750. The number of rotatable bonds is 6. The molecule has 14 heavy (non-hydrogen) atoms. The summed E-state index contributed by atoms with van der Waals surface area (Å²) in [5, 5.41) is 8.63. The number of ketones is 1. The number of aliphatic hydroxyl groups excluding tert-OH is 1. The quantitative estimate of drug-likeness (QED) is 0.663. The molecule has 0 amide bonds. The lowest BCUT2D eigenvalue weighted by Crippen LogP contribution is -2.37. The molecule has 0 aromatic rings. The van der Waals surface area contributed by atoms with E-state index in [1.807, 2.05) is 6.08 Å². The number of hydrogen-bond donors (Lipinski definition) is 1.